The van der Waals surface area contributed by atoms with Gasteiger partial charge in [0, 0.05) is 12.2 Å². The molecule has 0 aromatic heterocycles. The largest absolute Gasteiger partial charge is 0.481 e. The van der Waals surface area contributed by atoms with Crippen molar-refractivity contribution in [3.63, 3.8) is 0 Å². The van der Waals surface area contributed by atoms with Crippen molar-refractivity contribution >= 4 is 17.7 Å². The number of anilines is 1. The number of carbonyl (C=O) groups is 2. The molecule has 0 aliphatic heterocycles. The van der Waals surface area contributed by atoms with Crippen LogP contribution in [0.15, 0.2) is 24.3 Å². The third-order valence-electron chi connectivity index (χ3n) is 2.55. The van der Waals surface area contributed by atoms with Crippen LogP contribution in [0.4, 0.5) is 10.5 Å². The summed E-state index contributed by atoms with van der Waals surface area (Å²) >= 11 is 0. The molecule has 0 saturated heterocycles. The lowest BCUT2D eigenvalue weighted by atomic mass is 10.2. The van der Waals surface area contributed by atoms with Crippen LogP contribution in [0.1, 0.15) is 39.0 Å². The van der Waals surface area contributed by atoms with Crippen LogP contribution < -0.4 is 10.6 Å². The first-order chi connectivity index (χ1) is 10.2. The van der Waals surface area contributed by atoms with Crippen molar-refractivity contribution in [1.82, 2.24) is 5.32 Å². The van der Waals surface area contributed by atoms with Gasteiger partial charge in [0.05, 0.1) is 6.42 Å². The molecule has 0 aliphatic rings. The van der Waals surface area contributed by atoms with Crippen molar-refractivity contribution < 1.29 is 24.5 Å². The molecule has 22 heavy (non-hydrogen) atoms. The zero-order valence-electron chi connectivity index (χ0n) is 12.9. The molecular weight excluding hydrogens is 288 g/mol. The van der Waals surface area contributed by atoms with Crippen molar-refractivity contribution in [1.29, 1.82) is 0 Å². The molecule has 1 aromatic rings. The molecular formula is C15H22N2O5. The van der Waals surface area contributed by atoms with E-state index in [0.717, 1.165) is 0 Å². The van der Waals surface area contributed by atoms with Gasteiger partial charge in [-0.25, -0.2) is 4.79 Å². The van der Waals surface area contributed by atoms with Gasteiger partial charge in [-0.3, -0.25) is 15.4 Å². The Morgan fingerprint density at radius 2 is 1.82 bits per heavy atom. The van der Waals surface area contributed by atoms with Crippen LogP contribution in [0, 0.1) is 0 Å². The van der Waals surface area contributed by atoms with E-state index in [0.29, 0.717) is 11.3 Å². The van der Waals surface area contributed by atoms with Crippen LogP contribution in [0.25, 0.3) is 0 Å². The summed E-state index contributed by atoms with van der Waals surface area (Å²) in [5, 5.41) is 23.6. The Morgan fingerprint density at radius 3 is 2.32 bits per heavy atom. The molecule has 7 heteroatoms. The Bertz CT molecular complexity index is 508. The van der Waals surface area contributed by atoms with Crippen molar-refractivity contribution in [2.45, 2.75) is 39.0 Å². The Hall–Kier alpha value is -2.12. The zero-order valence-corrected chi connectivity index (χ0v) is 12.9. The number of hydrogen-bond acceptors (Lipinski definition) is 5. The van der Waals surface area contributed by atoms with Crippen LogP contribution in [0.3, 0.4) is 0 Å². The number of carbonyl (C=O) groups excluding carboxylic acids is 1. The van der Waals surface area contributed by atoms with Gasteiger partial charge in [-0.15, -0.1) is 0 Å². The standard InChI is InChI=1S/C15H22N2O5/c1-15(2,3)22-14(21)17-11-6-4-10(5-7-11)13(20)16-9-8-12(18)19/h4-7,13,16,20H,8-9H2,1-3H3,(H,17,21)(H,18,19). The van der Waals surface area contributed by atoms with Gasteiger partial charge < -0.3 is 14.9 Å². The van der Waals surface area contributed by atoms with Crippen molar-refractivity contribution in [3.05, 3.63) is 29.8 Å². The summed E-state index contributed by atoms with van der Waals surface area (Å²) in [6.45, 7) is 5.48. The van der Waals surface area contributed by atoms with Crippen molar-refractivity contribution in [3.8, 4) is 0 Å². The first-order valence-electron chi connectivity index (χ1n) is 6.90. The van der Waals surface area contributed by atoms with Crippen LogP contribution in [0.5, 0.6) is 0 Å². The van der Waals surface area contributed by atoms with E-state index in [-0.39, 0.29) is 13.0 Å². The second kappa shape index (κ2) is 7.77. The van der Waals surface area contributed by atoms with Gasteiger partial charge in [0.25, 0.3) is 0 Å². The normalized spacial score (nSPS) is 12.5. The summed E-state index contributed by atoms with van der Waals surface area (Å²) < 4.78 is 5.13. The van der Waals surface area contributed by atoms with Gasteiger partial charge in [0.2, 0.25) is 0 Å². The lowest BCUT2D eigenvalue weighted by Crippen LogP contribution is -2.27. The number of aliphatic hydroxyl groups is 1. The molecule has 1 rings (SSSR count). The molecule has 0 heterocycles. The quantitative estimate of drug-likeness (QED) is 0.599. The minimum atomic E-state index is -0.963. The molecule has 0 bridgehead atoms. The number of hydrogen-bond donors (Lipinski definition) is 4. The highest BCUT2D eigenvalue weighted by Gasteiger charge is 2.16. The van der Waals surface area contributed by atoms with E-state index in [9.17, 15) is 14.7 Å². The van der Waals surface area contributed by atoms with E-state index in [1.54, 1.807) is 45.0 Å². The number of carboxylic acids is 1. The Labute approximate surface area is 129 Å². The molecule has 1 unspecified atom stereocenters. The monoisotopic (exact) mass is 310 g/mol. The Morgan fingerprint density at radius 1 is 1.23 bits per heavy atom. The van der Waals surface area contributed by atoms with Crippen LogP contribution >= 0.6 is 0 Å². The molecule has 0 fully saturated rings. The SMILES string of the molecule is CC(C)(C)OC(=O)Nc1ccc(C(O)NCCC(=O)O)cc1. The summed E-state index contributed by atoms with van der Waals surface area (Å²) in [5.74, 6) is -0.934. The molecule has 1 aromatic carbocycles. The van der Waals surface area contributed by atoms with E-state index >= 15 is 0 Å². The fourth-order valence-corrected chi connectivity index (χ4v) is 1.60. The van der Waals surface area contributed by atoms with Gasteiger partial charge in [-0.2, -0.15) is 0 Å². The molecule has 4 N–H and O–H groups in total. The van der Waals surface area contributed by atoms with Gasteiger partial charge >= 0.3 is 12.1 Å². The zero-order chi connectivity index (χ0) is 16.8. The third kappa shape index (κ3) is 7.05. The third-order valence-corrected chi connectivity index (χ3v) is 2.55. The summed E-state index contributed by atoms with van der Waals surface area (Å²) in [5.41, 5.74) is 0.532. The molecule has 0 radical (unpaired) electrons. The van der Waals surface area contributed by atoms with Gasteiger partial charge in [0.15, 0.2) is 0 Å². The average molecular weight is 310 g/mol. The molecule has 1 atom stereocenters. The van der Waals surface area contributed by atoms with Crippen LogP contribution in [-0.4, -0.2) is 34.4 Å². The molecule has 0 aliphatic carbocycles. The molecule has 122 valence electrons. The minimum Gasteiger partial charge on any atom is -0.481 e. The number of amides is 1. The van der Waals surface area contributed by atoms with Crippen LogP contribution in [-0.2, 0) is 9.53 Å². The maximum atomic E-state index is 11.6. The lowest BCUT2D eigenvalue weighted by molar-refractivity contribution is -0.137. The van der Waals surface area contributed by atoms with Crippen molar-refractivity contribution in [2.75, 3.05) is 11.9 Å². The van der Waals surface area contributed by atoms with Gasteiger partial charge in [0.1, 0.15) is 11.8 Å². The van der Waals surface area contributed by atoms with Gasteiger partial charge in [-0.05, 0) is 38.5 Å². The number of aliphatic carboxylic acids is 1. The molecule has 7 nitrogen and oxygen atoms in total. The summed E-state index contributed by atoms with van der Waals surface area (Å²) in [6.07, 6.45) is -1.59. The lowest BCUT2D eigenvalue weighted by Gasteiger charge is -2.19. The predicted octanol–water partition coefficient (Wildman–Crippen LogP) is 2.09. The number of benzene rings is 1. The topological polar surface area (TPSA) is 108 Å². The molecule has 1 amide bonds. The second-order valence-electron chi connectivity index (χ2n) is 5.75. The highest BCUT2D eigenvalue weighted by Crippen LogP contribution is 2.16. The number of nitrogens with one attached hydrogen (secondary N) is 2. The maximum Gasteiger partial charge on any atom is 0.412 e. The van der Waals surface area contributed by atoms with E-state index < -0.39 is 23.9 Å². The Balaban J connectivity index is 2.52. The first-order valence-corrected chi connectivity index (χ1v) is 6.90. The minimum absolute atomic E-state index is 0.0741. The van der Waals surface area contributed by atoms with E-state index in [1.165, 1.54) is 0 Å². The smallest absolute Gasteiger partial charge is 0.412 e. The van der Waals surface area contributed by atoms with Crippen molar-refractivity contribution in [2.24, 2.45) is 0 Å². The molecule has 0 saturated carbocycles. The summed E-state index contributed by atoms with van der Waals surface area (Å²) in [6, 6.07) is 6.51. The number of ether oxygens (including phenoxy) is 1. The number of rotatable bonds is 6. The van der Waals surface area contributed by atoms with E-state index in [1.807, 2.05) is 0 Å². The van der Waals surface area contributed by atoms with E-state index in [4.69, 9.17) is 9.84 Å². The summed E-state index contributed by atoms with van der Waals surface area (Å²) in [7, 11) is 0. The number of carboxylic acid groups (broad SMARTS) is 1. The fourth-order valence-electron chi connectivity index (χ4n) is 1.60. The highest BCUT2D eigenvalue weighted by atomic mass is 16.6. The number of aliphatic hydroxyl groups excluding tert-OH is 1. The average Bonchev–Trinajstić information content (AvgIpc) is 2.36. The van der Waals surface area contributed by atoms with Gasteiger partial charge in [-0.1, -0.05) is 12.1 Å². The fraction of sp³-hybridized carbons (Fsp3) is 0.467. The van der Waals surface area contributed by atoms with E-state index in [2.05, 4.69) is 10.6 Å². The Kier molecular flexibility index (Phi) is 6.33. The second-order valence-corrected chi connectivity index (χ2v) is 5.75. The summed E-state index contributed by atoms with van der Waals surface area (Å²) in [4.78, 5) is 22.0. The van der Waals surface area contributed by atoms with Crippen LogP contribution in [0.2, 0.25) is 0 Å². The first kappa shape index (κ1) is 17.9. The predicted molar refractivity (Wildman–Crippen MR) is 81.5 cm³/mol. The molecule has 0 spiro atoms. The highest BCUT2D eigenvalue weighted by molar-refractivity contribution is 5.84. The maximum absolute atomic E-state index is 11.6.